The van der Waals surface area contributed by atoms with Gasteiger partial charge in [0.05, 0.1) is 0 Å². The molecular formula is C37H38GeIrN2O-2. The first kappa shape index (κ1) is 31.9. The van der Waals surface area contributed by atoms with E-state index in [1.807, 2.05) is 42.7 Å². The fourth-order valence-corrected chi connectivity index (χ4v) is 7.25. The summed E-state index contributed by atoms with van der Waals surface area (Å²) in [5, 5.41) is 2.31. The molecule has 3 aromatic carbocycles. The summed E-state index contributed by atoms with van der Waals surface area (Å²) < 4.78 is 7.79. The Labute approximate surface area is 266 Å². The van der Waals surface area contributed by atoms with Crippen LogP contribution in [0.5, 0.6) is 0 Å². The molecule has 0 saturated heterocycles. The van der Waals surface area contributed by atoms with E-state index in [0.29, 0.717) is 11.8 Å². The van der Waals surface area contributed by atoms with Crippen LogP contribution in [0.1, 0.15) is 50.7 Å². The molecule has 6 rings (SSSR count). The fourth-order valence-electron chi connectivity index (χ4n) is 4.85. The number of hydrogen-bond donors (Lipinski definition) is 0. The van der Waals surface area contributed by atoms with Crippen LogP contribution >= 0.6 is 0 Å². The largest absolute Gasteiger partial charge is 0.305 e. The molecule has 1 radical (unpaired) electrons. The minimum absolute atomic E-state index is 0. The summed E-state index contributed by atoms with van der Waals surface area (Å²) in [5.74, 6) is 8.22. The first-order chi connectivity index (χ1) is 19.6. The second-order valence-corrected chi connectivity index (χ2v) is 22.8. The molecule has 3 aromatic heterocycles. The third-order valence-corrected chi connectivity index (χ3v) is 11.7. The monoisotopic (exact) mass is 793 g/mol. The molecule has 0 aliphatic rings. The molecule has 217 valence electrons. The van der Waals surface area contributed by atoms with Gasteiger partial charge in [0.2, 0.25) is 0 Å². The Morgan fingerprint density at radius 2 is 1.36 bits per heavy atom. The van der Waals surface area contributed by atoms with Crippen LogP contribution in [0.25, 0.3) is 44.5 Å². The van der Waals surface area contributed by atoms with Crippen molar-refractivity contribution in [3.8, 4) is 22.5 Å². The van der Waals surface area contributed by atoms with Gasteiger partial charge in [-0.1, -0.05) is 25.5 Å². The number of benzene rings is 3. The maximum Gasteiger partial charge on any atom is 0.0163 e. The van der Waals surface area contributed by atoms with E-state index in [4.69, 9.17) is 4.42 Å². The van der Waals surface area contributed by atoms with Crippen LogP contribution in [0.3, 0.4) is 0 Å². The third-order valence-electron chi connectivity index (χ3n) is 7.44. The van der Waals surface area contributed by atoms with Crippen LogP contribution in [0.4, 0.5) is 0 Å². The predicted molar refractivity (Wildman–Crippen MR) is 175 cm³/mol. The van der Waals surface area contributed by atoms with Crippen molar-refractivity contribution in [2.24, 2.45) is 0 Å². The Morgan fingerprint density at radius 3 is 1.98 bits per heavy atom. The molecule has 0 spiro atoms. The number of pyridine rings is 2. The maximum absolute atomic E-state index is 6.33. The van der Waals surface area contributed by atoms with Crippen LogP contribution in [0.15, 0.2) is 95.7 Å². The molecule has 3 heterocycles. The van der Waals surface area contributed by atoms with Crippen molar-refractivity contribution in [3.63, 3.8) is 0 Å². The molecule has 3 nitrogen and oxygen atoms in total. The average molecular weight is 792 g/mol. The molecule has 6 aromatic rings. The van der Waals surface area contributed by atoms with Gasteiger partial charge in [0.1, 0.15) is 0 Å². The summed E-state index contributed by atoms with van der Waals surface area (Å²) >= 11 is -1.89. The van der Waals surface area contributed by atoms with E-state index in [0.717, 1.165) is 39.1 Å². The third kappa shape index (κ3) is 7.11. The minimum atomic E-state index is -1.89. The van der Waals surface area contributed by atoms with Crippen molar-refractivity contribution in [1.29, 1.82) is 0 Å². The molecule has 0 unspecified atom stereocenters. The van der Waals surface area contributed by atoms with Gasteiger partial charge >= 0.3 is 158 Å². The fraction of sp³-hybridized carbons (Fsp3) is 0.243. The summed E-state index contributed by atoms with van der Waals surface area (Å²) in [7, 11) is 0. The zero-order valence-electron chi connectivity index (χ0n) is 25.5. The van der Waals surface area contributed by atoms with Gasteiger partial charge in [-0.05, 0) is 17.7 Å². The molecule has 0 bridgehead atoms. The topological polar surface area (TPSA) is 38.9 Å². The van der Waals surface area contributed by atoms with Gasteiger partial charge in [-0.15, -0.1) is 35.9 Å². The van der Waals surface area contributed by atoms with Gasteiger partial charge < -0.3 is 4.98 Å². The molecule has 0 aliphatic carbocycles. The average Bonchev–Trinajstić information content (AvgIpc) is 3.36. The zero-order chi connectivity index (χ0) is 29.1. The smallest absolute Gasteiger partial charge is 0.0163 e. The normalized spacial score (nSPS) is 11.5. The number of hydrogen-bond acceptors (Lipinski definition) is 3. The summed E-state index contributed by atoms with van der Waals surface area (Å²) in [6.45, 7) is 8.77. The van der Waals surface area contributed by atoms with Crippen molar-refractivity contribution < 1.29 is 24.5 Å². The minimum Gasteiger partial charge on any atom is -0.305 e. The Bertz CT molecular complexity index is 1790. The molecule has 0 fully saturated rings. The summed E-state index contributed by atoms with van der Waals surface area (Å²) in [6, 6.07) is 33.7. The SMILES string of the molecule is CC(C)c1ccnc(-c2[c-]ccc3c2oc2c[c]([Ge]([CH3])([CH3])[CH3])ccc23)c1.CC(C)c1ccnc(-c2[c-]cccc2)c1.[Ir]. The first-order valence-corrected chi connectivity index (χ1v) is 21.7. The van der Waals surface area contributed by atoms with Gasteiger partial charge in [-0.2, -0.15) is 0 Å². The quantitative estimate of drug-likeness (QED) is 0.129. The van der Waals surface area contributed by atoms with Crippen LogP contribution in [-0.2, 0) is 20.1 Å². The predicted octanol–water partition coefficient (Wildman–Crippen LogP) is 9.79. The van der Waals surface area contributed by atoms with Crippen molar-refractivity contribution in [1.82, 2.24) is 9.97 Å². The second kappa shape index (κ2) is 13.5. The van der Waals surface area contributed by atoms with Gasteiger partial charge in [-0.3, -0.25) is 0 Å². The van der Waals surface area contributed by atoms with Crippen LogP contribution in [0, 0.1) is 12.1 Å². The molecule has 0 saturated carbocycles. The molecule has 0 amide bonds. The Balaban J connectivity index is 0.000000216. The van der Waals surface area contributed by atoms with Crippen molar-refractivity contribution in [2.45, 2.75) is 56.8 Å². The summed E-state index contributed by atoms with van der Waals surface area (Å²) in [6.07, 6.45) is 3.75. The van der Waals surface area contributed by atoms with E-state index in [9.17, 15) is 0 Å². The maximum atomic E-state index is 6.33. The number of aromatic nitrogens is 2. The molecule has 0 aliphatic heterocycles. The van der Waals surface area contributed by atoms with E-state index in [-0.39, 0.29) is 20.1 Å². The Morgan fingerprint density at radius 1 is 0.690 bits per heavy atom. The number of nitrogens with zero attached hydrogens (tertiary/aromatic N) is 2. The summed E-state index contributed by atoms with van der Waals surface area (Å²) in [4.78, 5) is 8.95. The van der Waals surface area contributed by atoms with Crippen LogP contribution in [-0.4, -0.2) is 23.2 Å². The van der Waals surface area contributed by atoms with Gasteiger partial charge in [-0.25, -0.2) is 0 Å². The summed E-state index contributed by atoms with van der Waals surface area (Å²) in [5.41, 5.74) is 8.38. The number of rotatable bonds is 5. The number of fused-ring (bicyclic) bond motifs is 3. The Kier molecular flexibility index (Phi) is 10.2. The van der Waals surface area contributed by atoms with E-state index in [2.05, 4.69) is 116 Å². The second-order valence-electron chi connectivity index (χ2n) is 12.2. The van der Waals surface area contributed by atoms with Crippen LogP contribution < -0.4 is 4.40 Å². The first-order valence-electron chi connectivity index (χ1n) is 14.4. The van der Waals surface area contributed by atoms with E-state index >= 15 is 0 Å². The van der Waals surface area contributed by atoms with E-state index in [1.165, 1.54) is 20.9 Å². The molecule has 0 N–H and O–H groups in total. The number of furan rings is 1. The van der Waals surface area contributed by atoms with Crippen molar-refractivity contribution in [2.75, 3.05) is 0 Å². The van der Waals surface area contributed by atoms with E-state index < -0.39 is 13.3 Å². The van der Waals surface area contributed by atoms with Gasteiger partial charge in [0.15, 0.2) is 0 Å². The standard InChI is InChI=1S/C23H24GeNO.C14H14N.Ir/c1-15(2)16-11-12-25-21(13-16)20-8-6-7-19-18-10-9-17(24(3,4)5)14-22(18)26-23(19)20;1-11(2)13-8-9-15-14(10-13)12-6-4-3-5-7-12;/h6-7,9-15H,1-5H3;3-6,8-11H,1-2H3;/q2*-1;. The van der Waals surface area contributed by atoms with Gasteiger partial charge in [0.25, 0.3) is 0 Å². The van der Waals surface area contributed by atoms with Gasteiger partial charge in [0, 0.05) is 26.3 Å². The van der Waals surface area contributed by atoms with Crippen molar-refractivity contribution in [3.05, 3.63) is 115 Å². The van der Waals surface area contributed by atoms with Crippen LogP contribution in [0.2, 0.25) is 17.3 Å². The van der Waals surface area contributed by atoms with Crippen molar-refractivity contribution >= 4 is 39.6 Å². The Hall–Kier alpha value is -3.05. The molecule has 42 heavy (non-hydrogen) atoms. The molecule has 0 atom stereocenters. The zero-order valence-corrected chi connectivity index (χ0v) is 29.9. The molecular weight excluding hydrogens is 753 g/mol. The van der Waals surface area contributed by atoms with E-state index in [1.54, 1.807) is 0 Å². The molecule has 5 heteroatoms.